The maximum atomic E-state index is 10.2. The van der Waals surface area contributed by atoms with Gasteiger partial charge in [0, 0.05) is 23.9 Å². The number of aliphatic hydroxyl groups excluding tert-OH is 1. The minimum Gasteiger partial charge on any atom is -0.395 e. The van der Waals surface area contributed by atoms with Gasteiger partial charge in [-0.25, -0.2) is 0 Å². The predicted molar refractivity (Wildman–Crippen MR) is 95.8 cm³/mol. The molecule has 1 aromatic heterocycles. The highest BCUT2D eigenvalue weighted by atomic mass is 16.3. The fraction of sp³-hybridized carbons (Fsp3) is 0.350. The van der Waals surface area contributed by atoms with Crippen LogP contribution in [-0.2, 0) is 12.0 Å². The summed E-state index contributed by atoms with van der Waals surface area (Å²) >= 11 is 0. The molecule has 1 atom stereocenters. The maximum Gasteiger partial charge on any atom is 0.0653 e. The van der Waals surface area contributed by atoms with E-state index in [1.54, 1.807) is 0 Å². The summed E-state index contributed by atoms with van der Waals surface area (Å²) in [5.74, 6) is 0. The summed E-state index contributed by atoms with van der Waals surface area (Å²) in [7, 11) is 0. The summed E-state index contributed by atoms with van der Waals surface area (Å²) in [5, 5.41) is 18.4. The van der Waals surface area contributed by atoms with E-state index in [1.807, 2.05) is 12.3 Å². The van der Waals surface area contributed by atoms with E-state index in [0.29, 0.717) is 0 Å². The Morgan fingerprint density at radius 2 is 2.04 bits per heavy atom. The van der Waals surface area contributed by atoms with Crippen molar-refractivity contribution >= 4 is 10.9 Å². The minimum atomic E-state index is -0.141. The van der Waals surface area contributed by atoms with Gasteiger partial charge in [-0.2, -0.15) is 5.10 Å². The second-order valence-corrected chi connectivity index (χ2v) is 6.91. The van der Waals surface area contributed by atoms with Gasteiger partial charge >= 0.3 is 0 Å². The average molecular weight is 321 g/mol. The van der Waals surface area contributed by atoms with Gasteiger partial charge in [-0.05, 0) is 36.6 Å². The van der Waals surface area contributed by atoms with Crippen molar-refractivity contribution in [1.82, 2.24) is 15.1 Å². The summed E-state index contributed by atoms with van der Waals surface area (Å²) in [4.78, 5) is 2.46. The molecule has 4 nitrogen and oxygen atoms in total. The third kappa shape index (κ3) is 2.83. The fourth-order valence-corrected chi connectivity index (χ4v) is 3.95. The van der Waals surface area contributed by atoms with Crippen LogP contribution in [0.3, 0.4) is 0 Å². The molecule has 0 bridgehead atoms. The Morgan fingerprint density at radius 1 is 1.17 bits per heavy atom. The number of likely N-dealkylation sites (tertiary alicyclic amines) is 1. The smallest absolute Gasteiger partial charge is 0.0653 e. The van der Waals surface area contributed by atoms with E-state index in [2.05, 4.69) is 57.6 Å². The quantitative estimate of drug-likeness (QED) is 0.776. The van der Waals surface area contributed by atoms with Gasteiger partial charge in [-0.15, -0.1) is 0 Å². The minimum absolute atomic E-state index is 0.141. The first-order chi connectivity index (χ1) is 11.8. The summed E-state index contributed by atoms with van der Waals surface area (Å²) in [6.45, 7) is 3.08. The molecule has 0 aliphatic carbocycles. The molecule has 1 fully saturated rings. The van der Waals surface area contributed by atoms with E-state index in [1.165, 1.54) is 11.1 Å². The molecule has 0 spiro atoms. The van der Waals surface area contributed by atoms with Crippen LogP contribution in [-0.4, -0.2) is 39.9 Å². The number of hydrogen-bond donors (Lipinski definition) is 2. The van der Waals surface area contributed by atoms with Crippen molar-refractivity contribution in [2.75, 3.05) is 19.7 Å². The van der Waals surface area contributed by atoms with Crippen molar-refractivity contribution in [2.45, 2.75) is 24.8 Å². The van der Waals surface area contributed by atoms with Crippen molar-refractivity contribution in [1.29, 1.82) is 0 Å². The number of rotatable bonds is 4. The molecule has 0 radical (unpaired) electrons. The zero-order valence-electron chi connectivity index (χ0n) is 13.8. The van der Waals surface area contributed by atoms with E-state index >= 15 is 0 Å². The Morgan fingerprint density at radius 3 is 2.88 bits per heavy atom. The second-order valence-electron chi connectivity index (χ2n) is 6.91. The van der Waals surface area contributed by atoms with Crippen LogP contribution >= 0.6 is 0 Å². The summed E-state index contributed by atoms with van der Waals surface area (Å²) in [6, 6.07) is 16.9. The molecule has 24 heavy (non-hydrogen) atoms. The molecule has 4 heteroatoms. The molecule has 1 aliphatic heterocycles. The largest absolute Gasteiger partial charge is 0.395 e. The number of nitrogens with zero attached hydrogens (tertiary/aromatic N) is 2. The molecule has 3 aromatic rings. The first kappa shape index (κ1) is 15.4. The van der Waals surface area contributed by atoms with E-state index in [-0.39, 0.29) is 12.0 Å². The third-order valence-electron chi connectivity index (χ3n) is 5.26. The number of aliphatic hydroxyl groups is 1. The molecule has 0 saturated carbocycles. The Balaban J connectivity index is 1.55. The summed E-state index contributed by atoms with van der Waals surface area (Å²) in [6.07, 6.45) is 4.01. The molecule has 1 saturated heterocycles. The first-order valence-electron chi connectivity index (χ1n) is 8.60. The third-order valence-corrected chi connectivity index (χ3v) is 5.26. The second kappa shape index (κ2) is 6.38. The number of piperidine rings is 1. The van der Waals surface area contributed by atoms with Crippen LogP contribution in [0, 0.1) is 0 Å². The van der Waals surface area contributed by atoms with Crippen LogP contribution < -0.4 is 0 Å². The van der Waals surface area contributed by atoms with E-state index < -0.39 is 0 Å². The van der Waals surface area contributed by atoms with Gasteiger partial charge in [0.1, 0.15) is 0 Å². The Kier molecular flexibility index (Phi) is 4.08. The van der Waals surface area contributed by atoms with Crippen LogP contribution in [0.2, 0.25) is 0 Å². The number of H-pyrrole nitrogens is 1. The lowest BCUT2D eigenvalue weighted by Crippen LogP contribution is -2.47. The number of hydrogen-bond acceptors (Lipinski definition) is 3. The molecule has 1 unspecified atom stereocenters. The highest BCUT2D eigenvalue weighted by molar-refractivity contribution is 5.78. The number of aromatic nitrogens is 2. The standard InChI is InChI=1S/C20H23N3O/c24-15-20(18-5-2-1-3-6-18)9-4-10-23(14-20)13-16-7-8-17-12-21-22-19(17)11-16/h1-3,5-8,11-12,24H,4,9-10,13-15H2,(H,21,22). The number of benzene rings is 2. The molecule has 0 amide bonds. The van der Waals surface area contributed by atoms with E-state index in [4.69, 9.17) is 0 Å². The Hall–Kier alpha value is -2.17. The Bertz CT molecular complexity index is 814. The summed E-state index contributed by atoms with van der Waals surface area (Å²) in [5.41, 5.74) is 3.48. The van der Waals surface area contributed by atoms with Crippen LogP contribution in [0.25, 0.3) is 10.9 Å². The SMILES string of the molecule is OCC1(c2ccccc2)CCCN(Cc2ccc3cn[nH]c3c2)C1. The van der Waals surface area contributed by atoms with Gasteiger partial charge in [-0.3, -0.25) is 10.00 Å². The van der Waals surface area contributed by atoms with Crippen LogP contribution in [0.5, 0.6) is 0 Å². The molecular weight excluding hydrogens is 298 g/mol. The molecule has 2 N–H and O–H groups in total. The lowest BCUT2D eigenvalue weighted by Gasteiger charge is -2.42. The molecule has 1 aliphatic rings. The molecule has 2 heterocycles. The van der Waals surface area contributed by atoms with Gasteiger partial charge in [0.25, 0.3) is 0 Å². The van der Waals surface area contributed by atoms with Crippen molar-refractivity contribution in [3.8, 4) is 0 Å². The van der Waals surface area contributed by atoms with Gasteiger partial charge in [0.15, 0.2) is 0 Å². The van der Waals surface area contributed by atoms with Crippen LogP contribution in [0.4, 0.5) is 0 Å². The molecule has 2 aromatic carbocycles. The van der Waals surface area contributed by atoms with Crippen molar-refractivity contribution in [3.05, 3.63) is 65.9 Å². The molecule has 4 rings (SSSR count). The van der Waals surface area contributed by atoms with Crippen LogP contribution in [0.15, 0.2) is 54.7 Å². The maximum absolute atomic E-state index is 10.2. The highest BCUT2D eigenvalue weighted by Crippen LogP contribution is 2.34. The van der Waals surface area contributed by atoms with Gasteiger partial charge in [0.2, 0.25) is 0 Å². The fourth-order valence-electron chi connectivity index (χ4n) is 3.95. The number of aromatic amines is 1. The predicted octanol–water partition coefficient (Wildman–Crippen LogP) is 3.09. The average Bonchev–Trinajstić information content (AvgIpc) is 3.10. The van der Waals surface area contributed by atoms with Crippen molar-refractivity contribution in [2.24, 2.45) is 0 Å². The van der Waals surface area contributed by atoms with Crippen molar-refractivity contribution in [3.63, 3.8) is 0 Å². The topological polar surface area (TPSA) is 52.1 Å². The zero-order chi connectivity index (χ0) is 16.4. The lowest BCUT2D eigenvalue weighted by molar-refractivity contribution is 0.0850. The monoisotopic (exact) mass is 321 g/mol. The Labute approximate surface area is 142 Å². The highest BCUT2D eigenvalue weighted by Gasteiger charge is 2.36. The van der Waals surface area contributed by atoms with Gasteiger partial charge < -0.3 is 5.11 Å². The lowest BCUT2D eigenvalue weighted by atomic mass is 9.74. The van der Waals surface area contributed by atoms with E-state index in [9.17, 15) is 5.11 Å². The van der Waals surface area contributed by atoms with Crippen LogP contribution in [0.1, 0.15) is 24.0 Å². The number of nitrogens with one attached hydrogen (secondary N) is 1. The van der Waals surface area contributed by atoms with Gasteiger partial charge in [0.05, 0.1) is 18.3 Å². The normalized spacial score (nSPS) is 22.0. The molecular formula is C20H23N3O. The first-order valence-corrected chi connectivity index (χ1v) is 8.60. The summed E-state index contributed by atoms with van der Waals surface area (Å²) < 4.78 is 0. The van der Waals surface area contributed by atoms with Crippen molar-refractivity contribution < 1.29 is 5.11 Å². The molecule has 124 valence electrons. The zero-order valence-corrected chi connectivity index (χ0v) is 13.8. The number of fused-ring (bicyclic) bond motifs is 1. The van der Waals surface area contributed by atoms with E-state index in [0.717, 1.165) is 43.4 Å². The van der Waals surface area contributed by atoms with Gasteiger partial charge in [-0.1, -0.05) is 42.5 Å².